The molecule has 2 heterocycles. The van der Waals surface area contributed by atoms with E-state index in [1.807, 2.05) is 38.1 Å². The number of methoxy groups -OCH3 is 1. The molecular formula is C22H20FN6O. The predicted molar refractivity (Wildman–Crippen MR) is 112 cm³/mol. The van der Waals surface area contributed by atoms with Crippen LogP contribution in [0.2, 0.25) is 0 Å². The van der Waals surface area contributed by atoms with Crippen molar-refractivity contribution >= 4 is 16.6 Å². The smallest absolute Gasteiger partial charge is 0.147 e. The van der Waals surface area contributed by atoms with E-state index < -0.39 is 0 Å². The van der Waals surface area contributed by atoms with E-state index >= 15 is 0 Å². The van der Waals surface area contributed by atoms with E-state index in [4.69, 9.17) is 4.74 Å². The van der Waals surface area contributed by atoms with Crippen molar-refractivity contribution in [3.8, 4) is 16.9 Å². The summed E-state index contributed by atoms with van der Waals surface area (Å²) in [7, 11) is 1.59. The molecule has 0 fully saturated rings. The molecule has 1 atom stereocenters. The van der Waals surface area contributed by atoms with Crippen LogP contribution in [0.15, 0.2) is 54.7 Å². The maximum Gasteiger partial charge on any atom is 0.147 e. The summed E-state index contributed by atoms with van der Waals surface area (Å²) in [6.45, 7) is 3.91. The Morgan fingerprint density at radius 1 is 0.967 bits per heavy atom. The second-order valence-electron chi connectivity index (χ2n) is 6.81. The van der Waals surface area contributed by atoms with Crippen LogP contribution in [0.3, 0.4) is 0 Å². The minimum Gasteiger partial charge on any atom is -0.494 e. The number of halogens is 1. The van der Waals surface area contributed by atoms with Crippen molar-refractivity contribution in [2.75, 3.05) is 12.4 Å². The zero-order chi connectivity index (χ0) is 20.4. The summed E-state index contributed by atoms with van der Waals surface area (Å²) in [6, 6.07) is 14.0. The SMILES string of the molecule is COc1cc(-c2ccc(F)cc2)cc2c(N[C@H](C)c3ccc(C)nn3)cnnc12.[N]. The summed E-state index contributed by atoms with van der Waals surface area (Å²) in [5.74, 6) is 0.323. The van der Waals surface area contributed by atoms with Gasteiger partial charge in [0.15, 0.2) is 0 Å². The minimum absolute atomic E-state index is 0. The van der Waals surface area contributed by atoms with Crippen LogP contribution >= 0.6 is 0 Å². The molecule has 0 bridgehead atoms. The van der Waals surface area contributed by atoms with E-state index in [9.17, 15) is 4.39 Å². The summed E-state index contributed by atoms with van der Waals surface area (Å²) in [4.78, 5) is 0. The van der Waals surface area contributed by atoms with Crippen LogP contribution in [-0.2, 0) is 0 Å². The van der Waals surface area contributed by atoms with Crippen molar-refractivity contribution in [1.82, 2.24) is 26.5 Å². The maximum atomic E-state index is 13.3. The molecule has 2 aromatic heterocycles. The Labute approximate surface area is 173 Å². The molecule has 7 nitrogen and oxygen atoms in total. The van der Waals surface area contributed by atoms with E-state index in [2.05, 4.69) is 25.7 Å². The molecule has 0 saturated heterocycles. The summed E-state index contributed by atoms with van der Waals surface area (Å²) in [6.07, 6.45) is 1.67. The standard InChI is InChI=1S/C22H20FN5O.N/c1-13-4-9-19(27-26-13)14(2)25-20-12-24-28-22-18(20)10-16(11-21(22)29-3)15-5-7-17(23)8-6-15;/h4-12,14H,1-3H3,(H,25,28);/t14-;/m1./s1. The number of nitrogens with one attached hydrogen (secondary N) is 1. The van der Waals surface area contributed by atoms with Crippen molar-refractivity contribution in [2.24, 2.45) is 0 Å². The van der Waals surface area contributed by atoms with Crippen LogP contribution < -0.4 is 16.2 Å². The van der Waals surface area contributed by atoms with Crippen molar-refractivity contribution in [2.45, 2.75) is 19.9 Å². The Bertz CT molecular complexity index is 1150. The van der Waals surface area contributed by atoms with Crippen LogP contribution in [0, 0.1) is 12.7 Å². The molecule has 8 heteroatoms. The monoisotopic (exact) mass is 403 g/mol. The molecule has 30 heavy (non-hydrogen) atoms. The molecular weight excluding hydrogens is 383 g/mol. The Balaban J connectivity index is 0.00000256. The van der Waals surface area contributed by atoms with Gasteiger partial charge in [0, 0.05) is 11.5 Å². The van der Waals surface area contributed by atoms with Crippen molar-refractivity contribution in [3.05, 3.63) is 71.9 Å². The third kappa shape index (κ3) is 4.18. The highest BCUT2D eigenvalue weighted by Gasteiger charge is 2.15. The number of hydrogen-bond acceptors (Lipinski definition) is 6. The Morgan fingerprint density at radius 3 is 2.40 bits per heavy atom. The number of hydrogen-bond donors (Lipinski definition) is 1. The van der Waals surface area contributed by atoms with Gasteiger partial charge in [-0.1, -0.05) is 12.1 Å². The fraction of sp³-hybridized carbons (Fsp3) is 0.182. The van der Waals surface area contributed by atoms with Crippen LogP contribution in [0.4, 0.5) is 10.1 Å². The number of ether oxygens (including phenoxy) is 1. The highest BCUT2D eigenvalue weighted by molar-refractivity contribution is 5.97. The third-order valence-electron chi connectivity index (χ3n) is 4.74. The van der Waals surface area contributed by atoms with Gasteiger partial charge in [0.05, 0.1) is 36.4 Å². The first kappa shape index (κ1) is 21.1. The molecule has 0 aliphatic heterocycles. The van der Waals surface area contributed by atoms with E-state index in [-0.39, 0.29) is 18.0 Å². The van der Waals surface area contributed by atoms with Crippen molar-refractivity contribution in [3.63, 3.8) is 0 Å². The van der Waals surface area contributed by atoms with Gasteiger partial charge in [-0.3, -0.25) is 0 Å². The quantitative estimate of drug-likeness (QED) is 0.535. The van der Waals surface area contributed by atoms with Gasteiger partial charge < -0.3 is 10.1 Å². The minimum atomic E-state index is -0.275. The third-order valence-corrected chi connectivity index (χ3v) is 4.74. The van der Waals surface area contributed by atoms with Gasteiger partial charge in [0.25, 0.3) is 0 Å². The van der Waals surface area contributed by atoms with Crippen molar-refractivity contribution < 1.29 is 9.13 Å². The summed E-state index contributed by atoms with van der Waals surface area (Å²) < 4.78 is 18.9. The zero-order valence-electron chi connectivity index (χ0n) is 16.8. The largest absolute Gasteiger partial charge is 0.494 e. The normalized spacial score (nSPS) is 11.6. The van der Waals surface area contributed by atoms with Crippen LogP contribution in [0.1, 0.15) is 24.4 Å². The lowest BCUT2D eigenvalue weighted by Crippen LogP contribution is -2.10. The fourth-order valence-electron chi connectivity index (χ4n) is 3.16. The van der Waals surface area contributed by atoms with E-state index in [1.165, 1.54) is 12.1 Å². The molecule has 151 valence electrons. The molecule has 4 rings (SSSR count). The van der Waals surface area contributed by atoms with Crippen LogP contribution in [-0.4, -0.2) is 27.5 Å². The maximum absolute atomic E-state index is 13.3. The van der Waals surface area contributed by atoms with Gasteiger partial charge in [0.1, 0.15) is 17.1 Å². The first-order valence-corrected chi connectivity index (χ1v) is 9.21. The van der Waals surface area contributed by atoms with Crippen LogP contribution in [0.25, 0.3) is 22.0 Å². The molecule has 1 N–H and O–H groups in total. The number of fused-ring (bicyclic) bond motifs is 1. The average molecular weight is 403 g/mol. The number of anilines is 1. The number of nitrogens with zero attached hydrogens (tertiary/aromatic N) is 5. The molecule has 0 unspecified atom stereocenters. The Hall–Kier alpha value is -3.65. The number of rotatable bonds is 5. The molecule has 0 spiro atoms. The zero-order valence-corrected chi connectivity index (χ0v) is 16.8. The molecule has 3 radical (unpaired) electrons. The number of aryl methyl sites for hydroxylation is 1. The van der Waals surface area contributed by atoms with Gasteiger partial charge in [-0.25, -0.2) is 4.39 Å². The number of aromatic nitrogens is 4. The lowest BCUT2D eigenvalue weighted by molar-refractivity contribution is 0.418. The first-order valence-electron chi connectivity index (χ1n) is 9.21. The average Bonchev–Trinajstić information content (AvgIpc) is 2.74. The van der Waals surface area contributed by atoms with Gasteiger partial charge in [0.2, 0.25) is 0 Å². The van der Waals surface area contributed by atoms with E-state index in [1.54, 1.807) is 25.4 Å². The fourth-order valence-corrected chi connectivity index (χ4v) is 3.16. The second-order valence-corrected chi connectivity index (χ2v) is 6.81. The van der Waals surface area contributed by atoms with Gasteiger partial charge in [-0.2, -0.15) is 15.3 Å². The van der Waals surface area contributed by atoms with Gasteiger partial charge >= 0.3 is 0 Å². The second kappa shape index (κ2) is 8.79. The molecule has 0 aliphatic rings. The highest BCUT2D eigenvalue weighted by Crippen LogP contribution is 2.35. The Morgan fingerprint density at radius 2 is 1.73 bits per heavy atom. The Kier molecular flexibility index (Phi) is 6.17. The number of benzene rings is 2. The molecule has 0 saturated carbocycles. The predicted octanol–water partition coefficient (Wildman–Crippen LogP) is 4.24. The van der Waals surface area contributed by atoms with E-state index in [0.29, 0.717) is 11.3 Å². The van der Waals surface area contributed by atoms with Crippen molar-refractivity contribution in [1.29, 1.82) is 0 Å². The first-order chi connectivity index (χ1) is 14.0. The highest BCUT2D eigenvalue weighted by atomic mass is 19.1. The summed E-state index contributed by atoms with van der Waals surface area (Å²) in [5.41, 5.74) is 4.91. The van der Waals surface area contributed by atoms with Crippen LogP contribution in [0.5, 0.6) is 5.75 Å². The van der Waals surface area contributed by atoms with Gasteiger partial charge in [-0.15, -0.1) is 5.10 Å². The lowest BCUT2D eigenvalue weighted by Gasteiger charge is -2.17. The molecule has 4 aromatic rings. The van der Waals surface area contributed by atoms with Gasteiger partial charge in [-0.05, 0) is 61.4 Å². The molecule has 0 amide bonds. The van der Waals surface area contributed by atoms with E-state index in [0.717, 1.165) is 33.6 Å². The summed E-state index contributed by atoms with van der Waals surface area (Å²) in [5, 5.41) is 21.0. The summed E-state index contributed by atoms with van der Waals surface area (Å²) >= 11 is 0. The lowest BCUT2D eigenvalue weighted by atomic mass is 10.0. The topological polar surface area (TPSA) is 103 Å². The molecule has 0 aliphatic carbocycles. The molecule has 2 aromatic carbocycles.